The lowest BCUT2D eigenvalue weighted by atomic mass is 9.83. The van der Waals surface area contributed by atoms with Crippen LogP contribution in [0.25, 0.3) is 0 Å². The third-order valence-electron chi connectivity index (χ3n) is 3.50. The van der Waals surface area contributed by atoms with Gasteiger partial charge >= 0.3 is 0 Å². The number of hydrogen-bond acceptors (Lipinski definition) is 2. The van der Waals surface area contributed by atoms with E-state index in [1.54, 1.807) is 0 Å². The molecule has 0 aliphatic heterocycles. The van der Waals surface area contributed by atoms with E-state index < -0.39 is 0 Å². The minimum absolute atomic E-state index is 0.833. The van der Waals surface area contributed by atoms with Crippen molar-refractivity contribution in [2.45, 2.75) is 57.9 Å². The molecule has 2 heteroatoms. The number of rotatable bonds is 7. The van der Waals surface area contributed by atoms with Crippen LogP contribution in [0.2, 0.25) is 0 Å². The molecular weight excluding hydrogens is 202 g/mol. The number of thioether (sulfide) groups is 1. The standard InChI is InChI=1S/C13H27NS/c1-3-5-12-6-8-13(9-7-12)14-10-4-11-15-2/h12-14H,3-11H2,1-2H3. The van der Waals surface area contributed by atoms with E-state index in [9.17, 15) is 0 Å². The molecule has 1 rings (SSSR count). The summed E-state index contributed by atoms with van der Waals surface area (Å²) in [5, 5.41) is 3.71. The van der Waals surface area contributed by atoms with Crippen LogP contribution in [0.15, 0.2) is 0 Å². The Morgan fingerprint density at radius 3 is 2.53 bits per heavy atom. The van der Waals surface area contributed by atoms with Crippen molar-refractivity contribution in [1.82, 2.24) is 5.32 Å². The van der Waals surface area contributed by atoms with Crippen LogP contribution in [0.4, 0.5) is 0 Å². The van der Waals surface area contributed by atoms with Crippen molar-refractivity contribution in [3.05, 3.63) is 0 Å². The summed E-state index contributed by atoms with van der Waals surface area (Å²) < 4.78 is 0. The molecule has 0 spiro atoms. The van der Waals surface area contributed by atoms with Gasteiger partial charge < -0.3 is 5.32 Å². The minimum atomic E-state index is 0.833. The molecule has 0 atom stereocenters. The SMILES string of the molecule is CCCC1CCC(NCCCSC)CC1. The zero-order valence-corrected chi connectivity index (χ0v) is 11.2. The second kappa shape index (κ2) is 8.46. The van der Waals surface area contributed by atoms with Crippen molar-refractivity contribution in [2.75, 3.05) is 18.6 Å². The molecule has 15 heavy (non-hydrogen) atoms. The molecule has 0 bridgehead atoms. The Morgan fingerprint density at radius 2 is 1.93 bits per heavy atom. The molecule has 0 amide bonds. The fourth-order valence-electron chi connectivity index (χ4n) is 2.59. The first-order chi connectivity index (χ1) is 7.36. The summed E-state index contributed by atoms with van der Waals surface area (Å²) >= 11 is 1.96. The lowest BCUT2D eigenvalue weighted by molar-refractivity contribution is 0.279. The molecule has 0 unspecified atom stereocenters. The van der Waals surface area contributed by atoms with Gasteiger partial charge in [0.25, 0.3) is 0 Å². The number of hydrogen-bond donors (Lipinski definition) is 1. The molecule has 0 aromatic carbocycles. The van der Waals surface area contributed by atoms with Gasteiger partial charge in [-0.2, -0.15) is 11.8 Å². The van der Waals surface area contributed by atoms with Gasteiger partial charge in [0.2, 0.25) is 0 Å². The van der Waals surface area contributed by atoms with Crippen LogP contribution in [0.3, 0.4) is 0 Å². The van der Waals surface area contributed by atoms with Gasteiger partial charge in [-0.05, 0) is 56.6 Å². The molecule has 0 radical (unpaired) electrons. The van der Waals surface area contributed by atoms with Crippen LogP contribution in [0.1, 0.15) is 51.9 Å². The molecule has 1 aliphatic rings. The van der Waals surface area contributed by atoms with Gasteiger partial charge in [-0.25, -0.2) is 0 Å². The first-order valence-corrected chi connectivity index (χ1v) is 7.98. The average Bonchev–Trinajstić information content (AvgIpc) is 2.27. The Labute approximate surface area is 99.8 Å². The summed E-state index contributed by atoms with van der Waals surface area (Å²) in [5.41, 5.74) is 0. The normalized spacial score (nSPS) is 26.8. The molecule has 1 nitrogen and oxygen atoms in total. The van der Waals surface area contributed by atoms with Gasteiger partial charge in [0.1, 0.15) is 0 Å². The van der Waals surface area contributed by atoms with Crippen LogP contribution >= 0.6 is 11.8 Å². The summed E-state index contributed by atoms with van der Waals surface area (Å²) in [6.07, 6.45) is 12.1. The van der Waals surface area contributed by atoms with E-state index in [1.165, 1.54) is 57.2 Å². The third-order valence-corrected chi connectivity index (χ3v) is 4.20. The molecule has 1 N–H and O–H groups in total. The first-order valence-electron chi connectivity index (χ1n) is 6.59. The van der Waals surface area contributed by atoms with E-state index >= 15 is 0 Å². The molecule has 1 fully saturated rings. The quantitative estimate of drug-likeness (QED) is 0.668. The second-order valence-corrected chi connectivity index (χ2v) is 5.79. The molecular formula is C13H27NS. The minimum Gasteiger partial charge on any atom is -0.314 e. The zero-order chi connectivity index (χ0) is 10.9. The van der Waals surface area contributed by atoms with E-state index in [0.717, 1.165) is 12.0 Å². The molecule has 0 heterocycles. The summed E-state index contributed by atoms with van der Waals surface area (Å²) in [6.45, 7) is 3.54. The van der Waals surface area contributed by atoms with Gasteiger partial charge in [-0.3, -0.25) is 0 Å². The van der Waals surface area contributed by atoms with E-state index in [1.807, 2.05) is 11.8 Å². The highest BCUT2D eigenvalue weighted by Gasteiger charge is 2.19. The summed E-state index contributed by atoms with van der Waals surface area (Å²) in [4.78, 5) is 0. The second-order valence-electron chi connectivity index (χ2n) is 4.81. The van der Waals surface area contributed by atoms with Gasteiger partial charge in [0, 0.05) is 6.04 Å². The van der Waals surface area contributed by atoms with E-state index in [-0.39, 0.29) is 0 Å². The molecule has 1 saturated carbocycles. The Morgan fingerprint density at radius 1 is 1.20 bits per heavy atom. The topological polar surface area (TPSA) is 12.0 Å². The van der Waals surface area contributed by atoms with Crippen molar-refractivity contribution in [3.8, 4) is 0 Å². The van der Waals surface area contributed by atoms with E-state index in [0.29, 0.717) is 0 Å². The molecule has 0 saturated heterocycles. The highest BCUT2D eigenvalue weighted by Crippen LogP contribution is 2.27. The van der Waals surface area contributed by atoms with Crippen LogP contribution in [-0.2, 0) is 0 Å². The Bertz CT molecular complexity index is 139. The maximum atomic E-state index is 3.71. The molecule has 90 valence electrons. The third kappa shape index (κ3) is 5.82. The van der Waals surface area contributed by atoms with Gasteiger partial charge in [0.05, 0.1) is 0 Å². The van der Waals surface area contributed by atoms with Crippen LogP contribution < -0.4 is 5.32 Å². The lowest BCUT2D eigenvalue weighted by Gasteiger charge is -2.29. The molecule has 0 aromatic heterocycles. The van der Waals surface area contributed by atoms with Crippen LogP contribution in [-0.4, -0.2) is 24.6 Å². The van der Waals surface area contributed by atoms with Crippen LogP contribution in [0, 0.1) is 5.92 Å². The van der Waals surface area contributed by atoms with E-state index in [2.05, 4.69) is 18.5 Å². The lowest BCUT2D eigenvalue weighted by Crippen LogP contribution is -2.34. The maximum absolute atomic E-state index is 3.71. The van der Waals surface area contributed by atoms with Gasteiger partial charge in [-0.1, -0.05) is 19.8 Å². The number of nitrogens with one attached hydrogen (secondary N) is 1. The Balaban J connectivity index is 1.99. The predicted molar refractivity (Wildman–Crippen MR) is 71.7 cm³/mol. The summed E-state index contributed by atoms with van der Waals surface area (Å²) in [6, 6.07) is 0.833. The molecule has 1 aliphatic carbocycles. The highest BCUT2D eigenvalue weighted by atomic mass is 32.2. The van der Waals surface area contributed by atoms with Crippen LogP contribution in [0.5, 0.6) is 0 Å². The van der Waals surface area contributed by atoms with E-state index in [4.69, 9.17) is 0 Å². The Kier molecular flexibility index (Phi) is 7.54. The van der Waals surface area contributed by atoms with Gasteiger partial charge in [-0.15, -0.1) is 0 Å². The largest absolute Gasteiger partial charge is 0.314 e. The fourth-order valence-corrected chi connectivity index (χ4v) is 3.02. The fraction of sp³-hybridized carbons (Fsp3) is 1.00. The maximum Gasteiger partial charge on any atom is 0.00672 e. The van der Waals surface area contributed by atoms with Crippen molar-refractivity contribution in [2.24, 2.45) is 5.92 Å². The zero-order valence-electron chi connectivity index (χ0n) is 10.4. The smallest absolute Gasteiger partial charge is 0.00672 e. The van der Waals surface area contributed by atoms with Crippen molar-refractivity contribution in [1.29, 1.82) is 0 Å². The van der Waals surface area contributed by atoms with Crippen molar-refractivity contribution < 1.29 is 0 Å². The first kappa shape index (κ1) is 13.4. The Hall–Kier alpha value is 0.310. The molecule has 0 aromatic rings. The highest BCUT2D eigenvalue weighted by molar-refractivity contribution is 7.98. The van der Waals surface area contributed by atoms with Gasteiger partial charge in [0.15, 0.2) is 0 Å². The van der Waals surface area contributed by atoms with Crippen molar-refractivity contribution >= 4 is 11.8 Å². The van der Waals surface area contributed by atoms with Crippen molar-refractivity contribution in [3.63, 3.8) is 0 Å². The average molecular weight is 229 g/mol. The predicted octanol–water partition coefficient (Wildman–Crippen LogP) is 3.69. The summed E-state index contributed by atoms with van der Waals surface area (Å²) in [7, 11) is 0. The monoisotopic (exact) mass is 229 g/mol. The summed E-state index contributed by atoms with van der Waals surface area (Å²) in [5.74, 6) is 2.34.